The van der Waals surface area contributed by atoms with Crippen molar-refractivity contribution in [1.29, 1.82) is 0 Å². The molecule has 0 spiro atoms. The maximum absolute atomic E-state index is 5.96. The third kappa shape index (κ3) is 7.57. The lowest BCUT2D eigenvalue weighted by atomic mass is 9.99. The molecule has 26 heavy (non-hydrogen) atoms. The Morgan fingerprint density at radius 3 is 2.54 bits per heavy atom. The standard InChI is InChI=1S/C19H32N4O2.HI/c1-15-8-12-23(13-9-15)11-5-4-10-21-19(20)22-16-6-7-17(24-2)18(14-16)25-3;/h6-7,14-15H,4-5,8-13H2,1-3H3,(H3,20,21,22);1H. The lowest BCUT2D eigenvalue weighted by Crippen LogP contribution is -2.33. The molecule has 1 aromatic rings. The van der Waals surface area contributed by atoms with E-state index in [0.29, 0.717) is 17.5 Å². The van der Waals surface area contributed by atoms with Gasteiger partial charge in [-0.3, -0.25) is 4.99 Å². The fraction of sp³-hybridized carbons (Fsp3) is 0.632. The highest BCUT2D eigenvalue weighted by molar-refractivity contribution is 14.0. The lowest BCUT2D eigenvalue weighted by molar-refractivity contribution is 0.190. The average molecular weight is 476 g/mol. The number of hydrogen-bond donors (Lipinski definition) is 2. The van der Waals surface area contributed by atoms with Gasteiger partial charge in [0.15, 0.2) is 17.5 Å². The van der Waals surface area contributed by atoms with Gasteiger partial charge in [-0.25, -0.2) is 0 Å². The number of nitrogens with two attached hydrogens (primary N) is 1. The van der Waals surface area contributed by atoms with Crippen LogP contribution in [-0.4, -0.2) is 51.3 Å². The summed E-state index contributed by atoms with van der Waals surface area (Å²) in [6, 6.07) is 5.58. The second-order valence-corrected chi connectivity index (χ2v) is 6.69. The second kappa shape index (κ2) is 12.2. The molecule has 0 unspecified atom stereocenters. The Bertz CT molecular complexity index is 560. The summed E-state index contributed by atoms with van der Waals surface area (Å²) >= 11 is 0. The van der Waals surface area contributed by atoms with Gasteiger partial charge in [0, 0.05) is 18.3 Å². The zero-order valence-electron chi connectivity index (χ0n) is 16.2. The largest absolute Gasteiger partial charge is 0.493 e. The summed E-state index contributed by atoms with van der Waals surface area (Å²) in [5.74, 6) is 2.68. The molecule has 1 heterocycles. The molecule has 0 saturated carbocycles. The number of nitrogens with one attached hydrogen (secondary N) is 1. The third-order valence-electron chi connectivity index (χ3n) is 4.70. The van der Waals surface area contributed by atoms with Crippen molar-refractivity contribution in [3.05, 3.63) is 18.2 Å². The first kappa shape index (κ1) is 22.8. The topological polar surface area (TPSA) is 72.1 Å². The number of hydrogen-bond acceptors (Lipinski definition) is 4. The van der Waals surface area contributed by atoms with E-state index in [2.05, 4.69) is 22.1 Å². The number of likely N-dealkylation sites (tertiary alicyclic amines) is 1. The first-order valence-corrected chi connectivity index (χ1v) is 9.13. The van der Waals surface area contributed by atoms with E-state index in [1.54, 1.807) is 14.2 Å². The van der Waals surface area contributed by atoms with Gasteiger partial charge >= 0.3 is 0 Å². The first-order chi connectivity index (χ1) is 12.1. The molecule has 1 aromatic carbocycles. The molecule has 1 fully saturated rings. The van der Waals surface area contributed by atoms with Crippen molar-refractivity contribution >= 4 is 35.6 Å². The Hall–Kier alpha value is -1.22. The maximum Gasteiger partial charge on any atom is 0.193 e. The Kier molecular flexibility index (Phi) is 10.7. The molecular formula is C19H33IN4O2. The van der Waals surface area contributed by atoms with Crippen LogP contribution in [-0.2, 0) is 0 Å². The van der Waals surface area contributed by atoms with Crippen LogP contribution in [0.4, 0.5) is 5.69 Å². The Morgan fingerprint density at radius 1 is 1.19 bits per heavy atom. The number of unbranched alkanes of at least 4 members (excludes halogenated alkanes) is 1. The van der Waals surface area contributed by atoms with E-state index >= 15 is 0 Å². The molecule has 0 atom stereocenters. The molecule has 0 aromatic heterocycles. The van der Waals surface area contributed by atoms with Crippen molar-refractivity contribution < 1.29 is 9.47 Å². The zero-order chi connectivity index (χ0) is 18.1. The van der Waals surface area contributed by atoms with E-state index in [-0.39, 0.29) is 24.0 Å². The van der Waals surface area contributed by atoms with Crippen LogP contribution >= 0.6 is 24.0 Å². The van der Waals surface area contributed by atoms with E-state index in [1.165, 1.54) is 38.9 Å². The Balaban J connectivity index is 0.00000338. The normalized spacial score (nSPS) is 16.0. The van der Waals surface area contributed by atoms with Crippen molar-refractivity contribution in [2.45, 2.75) is 32.6 Å². The monoisotopic (exact) mass is 476 g/mol. The van der Waals surface area contributed by atoms with Crippen LogP contribution in [0.25, 0.3) is 0 Å². The van der Waals surface area contributed by atoms with Gasteiger partial charge in [-0.2, -0.15) is 0 Å². The zero-order valence-corrected chi connectivity index (χ0v) is 18.5. The minimum Gasteiger partial charge on any atom is -0.493 e. The number of nitrogens with zero attached hydrogens (tertiary/aromatic N) is 2. The van der Waals surface area contributed by atoms with Gasteiger partial charge in [0.1, 0.15) is 0 Å². The predicted octanol–water partition coefficient (Wildman–Crippen LogP) is 3.56. The van der Waals surface area contributed by atoms with Crippen LogP contribution in [0.3, 0.4) is 0 Å². The Labute approximate surface area is 174 Å². The fourth-order valence-corrected chi connectivity index (χ4v) is 3.03. The summed E-state index contributed by atoms with van der Waals surface area (Å²) < 4.78 is 10.5. The van der Waals surface area contributed by atoms with Crippen molar-refractivity contribution in [3.63, 3.8) is 0 Å². The molecule has 1 aliphatic rings. The number of aliphatic imine (C=N–C) groups is 1. The molecule has 7 heteroatoms. The third-order valence-corrected chi connectivity index (χ3v) is 4.70. The van der Waals surface area contributed by atoms with Gasteiger partial charge in [0.2, 0.25) is 0 Å². The number of halogens is 1. The van der Waals surface area contributed by atoms with Crippen molar-refractivity contribution in [2.24, 2.45) is 16.6 Å². The van der Waals surface area contributed by atoms with Gasteiger partial charge in [-0.05, 0) is 63.4 Å². The van der Waals surface area contributed by atoms with E-state index < -0.39 is 0 Å². The SMILES string of the molecule is COc1ccc(NC(N)=NCCCCN2CCC(C)CC2)cc1OC.I. The first-order valence-electron chi connectivity index (χ1n) is 9.13. The van der Waals surface area contributed by atoms with Crippen LogP contribution in [0.1, 0.15) is 32.6 Å². The predicted molar refractivity (Wildman–Crippen MR) is 119 cm³/mol. The molecule has 2 rings (SSSR count). The number of rotatable bonds is 8. The van der Waals surface area contributed by atoms with Crippen molar-refractivity contribution in [1.82, 2.24) is 4.90 Å². The molecule has 0 radical (unpaired) electrons. The molecule has 0 amide bonds. The summed E-state index contributed by atoms with van der Waals surface area (Å²) in [6.07, 6.45) is 4.89. The lowest BCUT2D eigenvalue weighted by Gasteiger charge is -2.30. The summed E-state index contributed by atoms with van der Waals surface area (Å²) in [7, 11) is 3.23. The fourth-order valence-electron chi connectivity index (χ4n) is 3.03. The van der Waals surface area contributed by atoms with E-state index in [1.807, 2.05) is 18.2 Å². The average Bonchev–Trinajstić information content (AvgIpc) is 2.62. The molecule has 148 valence electrons. The minimum absolute atomic E-state index is 0. The van der Waals surface area contributed by atoms with E-state index in [0.717, 1.165) is 24.6 Å². The molecule has 0 aliphatic carbocycles. The number of benzene rings is 1. The van der Waals surface area contributed by atoms with Crippen LogP contribution in [0.15, 0.2) is 23.2 Å². The van der Waals surface area contributed by atoms with Gasteiger partial charge < -0.3 is 25.4 Å². The smallest absolute Gasteiger partial charge is 0.193 e. The molecule has 3 N–H and O–H groups in total. The maximum atomic E-state index is 5.96. The highest BCUT2D eigenvalue weighted by atomic mass is 127. The molecule has 6 nitrogen and oxygen atoms in total. The molecule has 0 bridgehead atoms. The van der Waals surface area contributed by atoms with Gasteiger partial charge in [0.05, 0.1) is 14.2 Å². The molecule has 1 saturated heterocycles. The quantitative estimate of drug-likeness (QED) is 0.260. The number of anilines is 1. The Morgan fingerprint density at radius 2 is 1.88 bits per heavy atom. The highest BCUT2D eigenvalue weighted by Crippen LogP contribution is 2.29. The second-order valence-electron chi connectivity index (χ2n) is 6.69. The number of ether oxygens (including phenoxy) is 2. The van der Waals surface area contributed by atoms with Gasteiger partial charge in [-0.15, -0.1) is 24.0 Å². The summed E-state index contributed by atoms with van der Waals surface area (Å²) in [4.78, 5) is 6.97. The summed E-state index contributed by atoms with van der Waals surface area (Å²) in [6.45, 7) is 6.75. The number of piperidine rings is 1. The van der Waals surface area contributed by atoms with Crippen molar-refractivity contribution in [3.8, 4) is 11.5 Å². The molecule has 1 aliphatic heterocycles. The van der Waals surface area contributed by atoms with E-state index in [4.69, 9.17) is 15.2 Å². The van der Waals surface area contributed by atoms with E-state index in [9.17, 15) is 0 Å². The van der Waals surface area contributed by atoms with Gasteiger partial charge in [0.25, 0.3) is 0 Å². The number of methoxy groups -OCH3 is 2. The van der Waals surface area contributed by atoms with Crippen LogP contribution in [0.5, 0.6) is 11.5 Å². The van der Waals surface area contributed by atoms with Crippen molar-refractivity contribution in [2.75, 3.05) is 45.7 Å². The van der Waals surface area contributed by atoms with Crippen LogP contribution in [0, 0.1) is 5.92 Å². The number of guanidine groups is 1. The van der Waals surface area contributed by atoms with Crippen LogP contribution in [0.2, 0.25) is 0 Å². The highest BCUT2D eigenvalue weighted by Gasteiger charge is 2.14. The summed E-state index contributed by atoms with van der Waals surface area (Å²) in [5.41, 5.74) is 6.80. The van der Waals surface area contributed by atoms with Gasteiger partial charge in [-0.1, -0.05) is 6.92 Å². The molecular weight excluding hydrogens is 443 g/mol. The summed E-state index contributed by atoms with van der Waals surface area (Å²) in [5, 5.41) is 3.09. The minimum atomic E-state index is 0. The van der Waals surface area contributed by atoms with Crippen LogP contribution < -0.4 is 20.5 Å².